The fourth-order valence-corrected chi connectivity index (χ4v) is 4.80. The Morgan fingerprint density at radius 1 is 1.11 bits per heavy atom. The van der Waals surface area contributed by atoms with Gasteiger partial charge >= 0.3 is 6.18 Å². The molecule has 0 atom stereocenters. The van der Waals surface area contributed by atoms with Gasteiger partial charge in [-0.15, -0.1) is 0 Å². The predicted molar refractivity (Wildman–Crippen MR) is 132 cm³/mol. The van der Waals surface area contributed by atoms with E-state index in [1.807, 2.05) is 4.90 Å². The maximum absolute atomic E-state index is 13.2. The van der Waals surface area contributed by atoms with Crippen LogP contribution in [0.2, 0.25) is 5.02 Å². The van der Waals surface area contributed by atoms with Gasteiger partial charge in [0.2, 0.25) is 0 Å². The van der Waals surface area contributed by atoms with E-state index in [4.69, 9.17) is 11.6 Å². The Kier molecular flexibility index (Phi) is 6.32. The van der Waals surface area contributed by atoms with Crippen LogP contribution in [0.15, 0.2) is 59.7 Å². The van der Waals surface area contributed by atoms with E-state index in [0.717, 1.165) is 24.5 Å². The summed E-state index contributed by atoms with van der Waals surface area (Å²) >= 11 is 6.19. The Morgan fingerprint density at radius 3 is 2.51 bits per heavy atom. The summed E-state index contributed by atoms with van der Waals surface area (Å²) in [6.45, 7) is 1.57. The Hall–Kier alpha value is -3.99. The summed E-state index contributed by atoms with van der Waals surface area (Å²) in [5, 5.41) is 11.5. The number of alkyl halides is 3. The molecule has 37 heavy (non-hydrogen) atoms. The van der Waals surface area contributed by atoms with Crippen molar-refractivity contribution in [3.05, 3.63) is 92.1 Å². The summed E-state index contributed by atoms with van der Waals surface area (Å²) in [5.41, 5.74) is 0.610. The number of nitro benzene ring substituents is 1. The quantitative estimate of drug-likeness (QED) is 0.310. The van der Waals surface area contributed by atoms with Crippen LogP contribution in [-0.4, -0.2) is 34.7 Å². The average Bonchev–Trinajstić information content (AvgIpc) is 3.52. The van der Waals surface area contributed by atoms with Gasteiger partial charge in [-0.2, -0.15) is 18.2 Å². The molecule has 5 rings (SSSR count). The molecule has 2 aliphatic rings. The van der Waals surface area contributed by atoms with E-state index < -0.39 is 22.6 Å². The van der Waals surface area contributed by atoms with E-state index in [1.165, 1.54) is 17.0 Å². The number of carbonyl (C=O) groups is 1. The fraction of sp³-hybridized carbons (Fsp3) is 0.240. The van der Waals surface area contributed by atoms with Crippen molar-refractivity contribution in [2.45, 2.75) is 25.6 Å². The fourth-order valence-electron chi connectivity index (χ4n) is 4.54. The van der Waals surface area contributed by atoms with Gasteiger partial charge in [-0.1, -0.05) is 35.9 Å². The second-order valence-electron chi connectivity index (χ2n) is 8.67. The van der Waals surface area contributed by atoms with Crippen LogP contribution >= 0.6 is 11.6 Å². The Balaban J connectivity index is 1.54. The lowest BCUT2D eigenvalue weighted by Crippen LogP contribution is -2.27. The van der Waals surface area contributed by atoms with Crippen molar-refractivity contribution in [2.75, 3.05) is 22.9 Å². The topological polar surface area (TPSA) is 91.9 Å². The first kappa shape index (κ1) is 24.7. The van der Waals surface area contributed by atoms with E-state index in [1.54, 1.807) is 30.3 Å². The van der Waals surface area contributed by atoms with Crippen LogP contribution in [0.25, 0.3) is 0 Å². The molecule has 0 unspecified atom stereocenters. The van der Waals surface area contributed by atoms with Crippen molar-refractivity contribution >= 4 is 40.5 Å². The second kappa shape index (κ2) is 9.47. The molecular weight excluding hydrogens is 511 g/mol. The molecule has 1 fully saturated rings. The molecule has 1 aromatic heterocycles. The van der Waals surface area contributed by atoms with Crippen molar-refractivity contribution in [2.24, 2.45) is 4.99 Å². The maximum atomic E-state index is 13.2. The van der Waals surface area contributed by atoms with Crippen molar-refractivity contribution < 1.29 is 22.9 Å². The molecule has 0 bridgehead atoms. The third kappa shape index (κ3) is 4.74. The molecule has 12 heteroatoms. The summed E-state index contributed by atoms with van der Waals surface area (Å²) < 4.78 is 39.3. The Labute approximate surface area is 214 Å². The number of carbonyl (C=O) groups excluding carboxylic acids is 1. The van der Waals surface area contributed by atoms with Crippen LogP contribution in [-0.2, 0) is 12.7 Å². The van der Waals surface area contributed by atoms with E-state index in [2.05, 4.69) is 9.98 Å². The number of anilines is 2. The van der Waals surface area contributed by atoms with Crippen molar-refractivity contribution in [1.82, 2.24) is 4.98 Å². The molecule has 0 radical (unpaired) electrons. The van der Waals surface area contributed by atoms with E-state index >= 15 is 0 Å². The molecule has 2 aromatic carbocycles. The summed E-state index contributed by atoms with van der Waals surface area (Å²) in [7, 11) is 0. The lowest BCUT2D eigenvalue weighted by molar-refractivity contribution is -0.384. The lowest BCUT2D eigenvalue weighted by atomic mass is 10.1. The monoisotopic (exact) mass is 529 g/mol. The number of hydrogen-bond acceptors (Lipinski definition) is 5. The smallest absolute Gasteiger partial charge is 0.366 e. The number of pyridine rings is 1. The highest BCUT2D eigenvalue weighted by molar-refractivity contribution is 6.34. The highest BCUT2D eigenvalue weighted by atomic mass is 35.5. The molecular formula is C25H19ClF3N5O3. The van der Waals surface area contributed by atoms with Crippen molar-refractivity contribution in [3.63, 3.8) is 0 Å². The standard InChI is InChI=1S/C25H19ClF3N5O3/c26-19-12-17(25(27,28)29)13-30-23(19)33-14-16-5-1-2-6-18(16)22(33)31-24(35)15-7-8-20(21(11-15)34(36)37)32-9-3-4-10-32/h1-2,5-8,11-13H,3-4,9-10,14H2. The first-order valence-corrected chi connectivity index (χ1v) is 11.8. The largest absolute Gasteiger partial charge is 0.417 e. The van der Waals surface area contributed by atoms with E-state index in [9.17, 15) is 28.1 Å². The number of fused-ring (bicyclic) bond motifs is 1. The molecule has 0 spiro atoms. The summed E-state index contributed by atoms with van der Waals surface area (Å²) in [6, 6.07) is 12.0. The SMILES string of the molecule is O=C(N=C1c2ccccc2CN1c1ncc(C(F)(F)F)cc1Cl)c1ccc(N2CCCC2)c([N+](=O)[O-])c1. The molecule has 8 nitrogen and oxygen atoms in total. The lowest BCUT2D eigenvalue weighted by Gasteiger charge is -2.20. The number of amides is 1. The molecule has 1 saturated heterocycles. The average molecular weight is 530 g/mol. The van der Waals surface area contributed by atoms with E-state index in [-0.39, 0.29) is 34.5 Å². The number of aliphatic imine (C=N–C) groups is 1. The summed E-state index contributed by atoms with van der Waals surface area (Å²) in [6.07, 6.45) is -2.08. The van der Waals surface area contributed by atoms with Gasteiger partial charge < -0.3 is 9.80 Å². The minimum Gasteiger partial charge on any atom is -0.366 e. The highest BCUT2D eigenvalue weighted by Crippen LogP contribution is 2.37. The zero-order valence-electron chi connectivity index (χ0n) is 19.2. The minimum absolute atomic E-state index is 0.00720. The first-order valence-electron chi connectivity index (χ1n) is 11.4. The predicted octanol–water partition coefficient (Wildman–Crippen LogP) is 5.87. The van der Waals surface area contributed by atoms with E-state index in [0.29, 0.717) is 30.5 Å². The van der Waals surface area contributed by atoms with Crippen molar-refractivity contribution in [1.29, 1.82) is 0 Å². The Bertz CT molecular complexity index is 1440. The Morgan fingerprint density at radius 2 is 1.84 bits per heavy atom. The van der Waals surface area contributed by atoms with Crippen LogP contribution in [0.3, 0.4) is 0 Å². The van der Waals surface area contributed by atoms with Crippen LogP contribution in [0.4, 0.5) is 30.4 Å². The van der Waals surface area contributed by atoms with Gasteiger partial charge in [-0.3, -0.25) is 14.9 Å². The molecule has 3 heterocycles. The molecule has 190 valence electrons. The molecule has 2 aliphatic heterocycles. The van der Waals surface area contributed by atoms with Gasteiger partial charge in [0.15, 0.2) is 5.82 Å². The van der Waals surface area contributed by atoms with Gasteiger partial charge in [0.25, 0.3) is 11.6 Å². The number of benzene rings is 2. The third-order valence-electron chi connectivity index (χ3n) is 6.32. The minimum atomic E-state index is -4.62. The number of rotatable bonds is 4. The molecule has 0 N–H and O–H groups in total. The molecule has 1 amide bonds. The number of aromatic nitrogens is 1. The van der Waals surface area contributed by atoms with Crippen LogP contribution in [0, 0.1) is 10.1 Å². The maximum Gasteiger partial charge on any atom is 0.417 e. The second-order valence-corrected chi connectivity index (χ2v) is 9.07. The van der Waals surface area contributed by atoms with Crippen molar-refractivity contribution in [3.8, 4) is 0 Å². The van der Waals surface area contributed by atoms with Gasteiger partial charge in [-0.05, 0) is 36.6 Å². The number of nitrogens with zero attached hydrogens (tertiary/aromatic N) is 5. The number of halogens is 4. The molecule has 0 saturated carbocycles. The normalized spacial score (nSPS) is 16.4. The number of amidine groups is 1. The summed E-state index contributed by atoms with van der Waals surface area (Å²) in [5.74, 6) is -0.593. The molecule has 3 aromatic rings. The highest BCUT2D eigenvalue weighted by Gasteiger charge is 2.34. The number of nitro groups is 1. The summed E-state index contributed by atoms with van der Waals surface area (Å²) in [4.78, 5) is 36.0. The van der Waals surface area contributed by atoms with Crippen LogP contribution in [0.1, 0.15) is 39.9 Å². The molecule has 0 aliphatic carbocycles. The van der Waals surface area contributed by atoms with Crippen LogP contribution < -0.4 is 9.80 Å². The zero-order chi connectivity index (χ0) is 26.3. The van der Waals surface area contributed by atoms with Gasteiger partial charge in [-0.25, -0.2) is 4.98 Å². The van der Waals surface area contributed by atoms with Crippen LogP contribution in [0.5, 0.6) is 0 Å². The van der Waals surface area contributed by atoms with Gasteiger partial charge in [0.1, 0.15) is 11.5 Å². The third-order valence-corrected chi connectivity index (χ3v) is 6.60. The zero-order valence-corrected chi connectivity index (χ0v) is 20.0. The first-order chi connectivity index (χ1) is 17.6. The van der Waals surface area contributed by atoms with Gasteiger partial charge in [0.05, 0.1) is 22.1 Å². The number of hydrogen-bond donors (Lipinski definition) is 0. The van der Waals surface area contributed by atoms with Gasteiger partial charge in [0, 0.05) is 36.5 Å².